The zero-order chi connectivity index (χ0) is 13.4. The van der Waals surface area contributed by atoms with Gasteiger partial charge in [-0.2, -0.15) is 0 Å². The molecule has 2 aliphatic carbocycles. The van der Waals surface area contributed by atoms with E-state index in [1.54, 1.807) is 12.1 Å². The minimum Gasteiger partial charge on any atom is -0.313 e. The molecule has 2 bridgehead atoms. The number of fused-ring (bicyclic) bond motifs is 2. The maximum absolute atomic E-state index is 13.6. The maximum Gasteiger partial charge on any atom is 0.142 e. The molecule has 1 N–H and O–H groups in total. The summed E-state index contributed by atoms with van der Waals surface area (Å²) in [6.45, 7) is 0. The summed E-state index contributed by atoms with van der Waals surface area (Å²) >= 11 is 5.75. The van der Waals surface area contributed by atoms with Gasteiger partial charge in [-0.25, -0.2) is 4.39 Å². The van der Waals surface area contributed by atoms with Gasteiger partial charge in [-0.05, 0) is 68.2 Å². The molecule has 0 radical (unpaired) electrons. The number of benzene rings is 1. The Balaban J connectivity index is 1.71. The Bertz CT molecular complexity index is 462. The fourth-order valence-electron chi connectivity index (χ4n) is 4.12. The van der Waals surface area contributed by atoms with Gasteiger partial charge in [0.15, 0.2) is 0 Å². The van der Waals surface area contributed by atoms with Crippen LogP contribution in [0.1, 0.15) is 43.7 Å². The van der Waals surface area contributed by atoms with E-state index in [-0.39, 0.29) is 16.9 Å². The van der Waals surface area contributed by atoms with Crippen LogP contribution in [0.25, 0.3) is 0 Å². The Morgan fingerprint density at radius 1 is 1.37 bits per heavy atom. The summed E-state index contributed by atoms with van der Waals surface area (Å²) in [6.07, 6.45) is 6.76. The second-order valence-corrected chi connectivity index (χ2v) is 6.59. The number of halogens is 2. The first-order valence-electron chi connectivity index (χ1n) is 7.29. The van der Waals surface area contributed by atoms with Crippen molar-refractivity contribution in [1.82, 2.24) is 5.32 Å². The van der Waals surface area contributed by atoms with Crippen molar-refractivity contribution < 1.29 is 4.39 Å². The molecule has 104 valence electrons. The van der Waals surface area contributed by atoms with Crippen LogP contribution in [0.2, 0.25) is 5.02 Å². The predicted octanol–water partition coefficient (Wildman–Crippen LogP) is 4.57. The lowest BCUT2D eigenvalue weighted by Crippen LogP contribution is -2.22. The monoisotopic (exact) mass is 281 g/mol. The molecular weight excluding hydrogens is 261 g/mol. The minimum absolute atomic E-state index is 0.207. The quantitative estimate of drug-likeness (QED) is 0.853. The molecule has 19 heavy (non-hydrogen) atoms. The van der Waals surface area contributed by atoms with E-state index in [2.05, 4.69) is 5.32 Å². The topological polar surface area (TPSA) is 12.0 Å². The molecular formula is C16H21ClFN. The van der Waals surface area contributed by atoms with Gasteiger partial charge in [0.25, 0.3) is 0 Å². The second-order valence-electron chi connectivity index (χ2n) is 6.19. The summed E-state index contributed by atoms with van der Waals surface area (Å²) in [5.74, 6) is 2.38. The van der Waals surface area contributed by atoms with Gasteiger partial charge < -0.3 is 5.32 Å². The maximum atomic E-state index is 13.6. The Morgan fingerprint density at radius 3 is 2.79 bits per heavy atom. The SMILES string of the molecule is CNC(CC1CC2CCC1C2)c1ccc(Cl)c(F)c1. The third kappa shape index (κ3) is 2.66. The van der Waals surface area contributed by atoms with Crippen molar-refractivity contribution in [2.24, 2.45) is 17.8 Å². The largest absolute Gasteiger partial charge is 0.313 e. The molecule has 0 amide bonds. The van der Waals surface area contributed by atoms with Gasteiger partial charge >= 0.3 is 0 Å². The summed E-state index contributed by atoms with van der Waals surface area (Å²) in [5.41, 5.74) is 1.02. The Hall–Kier alpha value is -0.600. The van der Waals surface area contributed by atoms with Crippen LogP contribution in [-0.4, -0.2) is 7.05 Å². The first-order chi connectivity index (χ1) is 9.17. The van der Waals surface area contributed by atoms with Crippen LogP contribution < -0.4 is 5.32 Å². The van der Waals surface area contributed by atoms with E-state index in [1.165, 1.54) is 25.7 Å². The summed E-state index contributed by atoms with van der Waals surface area (Å²) in [6, 6.07) is 5.43. The summed E-state index contributed by atoms with van der Waals surface area (Å²) in [4.78, 5) is 0. The molecule has 4 unspecified atom stereocenters. The van der Waals surface area contributed by atoms with Crippen LogP contribution in [-0.2, 0) is 0 Å². The van der Waals surface area contributed by atoms with Gasteiger partial charge in [0, 0.05) is 6.04 Å². The van der Waals surface area contributed by atoms with Gasteiger partial charge in [-0.3, -0.25) is 0 Å². The van der Waals surface area contributed by atoms with Crippen LogP contribution in [0.15, 0.2) is 18.2 Å². The molecule has 2 fully saturated rings. The number of nitrogens with one attached hydrogen (secondary N) is 1. The third-order valence-corrected chi connectivity index (χ3v) is 5.42. The van der Waals surface area contributed by atoms with E-state index in [0.29, 0.717) is 0 Å². The minimum atomic E-state index is -0.313. The normalized spacial score (nSPS) is 30.8. The highest BCUT2D eigenvalue weighted by molar-refractivity contribution is 6.30. The van der Waals surface area contributed by atoms with Crippen molar-refractivity contribution in [3.8, 4) is 0 Å². The highest BCUT2D eigenvalue weighted by Gasteiger charge is 2.40. The van der Waals surface area contributed by atoms with E-state index < -0.39 is 0 Å². The zero-order valence-corrected chi connectivity index (χ0v) is 12.1. The van der Waals surface area contributed by atoms with Gasteiger partial charge in [0.2, 0.25) is 0 Å². The molecule has 1 aromatic carbocycles. The average molecular weight is 282 g/mol. The molecule has 2 saturated carbocycles. The van der Waals surface area contributed by atoms with Crippen LogP contribution in [0.3, 0.4) is 0 Å². The van der Waals surface area contributed by atoms with Gasteiger partial charge in [-0.15, -0.1) is 0 Å². The highest BCUT2D eigenvalue weighted by Crippen LogP contribution is 2.50. The van der Waals surface area contributed by atoms with Crippen molar-refractivity contribution >= 4 is 11.6 Å². The van der Waals surface area contributed by atoms with Crippen molar-refractivity contribution in [2.75, 3.05) is 7.05 Å². The molecule has 2 aliphatic rings. The van der Waals surface area contributed by atoms with E-state index >= 15 is 0 Å². The average Bonchev–Trinajstić information content (AvgIpc) is 3.01. The highest BCUT2D eigenvalue weighted by atomic mass is 35.5. The van der Waals surface area contributed by atoms with Crippen LogP contribution >= 0.6 is 11.6 Å². The van der Waals surface area contributed by atoms with Crippen molar-refractivity contribution in [1.29, 1.82) is 0 Å². The lowest BCUT2D eigenvalue weighted by molar-refractivity contribution is 0.284. The number of hydrogen-bond donors (Lipinski definition) is 1. The van der Waals surface area contributed by atoms with Gasteiger partial charge in [0.1, 0.15) is 5.82 Å². The summed E-state index contributed by atoms with van der Waals surface area (Å²) in [7, 11) is 1.96. The molecule has 0 spiro atoms. The predicted molar refractivity (Wildman–Crippen MR) is 76.8 cm³/mol. The second kappa shape index (κ2) is 5.41. The van der Waals surface area contributed by atoms with Gasteiger partial charge in [-0.1, -0.05) is 24.1 Å². The fourth-order valence-corrected chi connectivity index (χ4v) is 4.24. The van der Waals surface area contributed by atoms with Crippen LogP contribution in [0, 0.1) is 23.6 Å². The van der Waals surface area contributed by atoms with E-state index in [4.69, 9.17) is 11.6 Å². The molecule has 3 heteroatoms. The van der Waals surface area contributed by atoms with Gasteiger partial charge in [0.05, 0.1) is 5.02 Å². The first-order valence-corrected chi connectivity index (χ1v) is 7.67. The molecule has 1 nitrogen and oxygen atoms in total. The van der Waals surface area contributed by atoms with Crippen molar-refractivity contribution in [2.45, 2.75) is 38.1 Å². The molecule has 0 heterocycles. The molecule has 4 atom stereocenters. The summed E-state index contributed by atoms with van der Waals surface area (Å²) < 4.78 is 13.6. The molecule has 1 aromatic rings. The molecule has 3 rings (SSSR count). The first kappa shape index (κ1) is 13.4. The molecule has 0 aliphatic heterocycles. The zero-order valence-electron chi connectivity index (χ0n) is 11.3. The Labute approximate surface area is 119 Å². The van der Waals surface area contributed by atoms with E-state index in [0.717, 1.165) is 29.7 Å². The fraction of sp³-hybridized carbons (Fsp3) is 0.625. The third-order valence-electron chi connectivity index (χ3n) is 5.12. The lowest BCUT2D eigenvalue weighted by Gasteiger charge is -2.27. The smallest absolute Gasteiger partial charge is 0.142 e. The van der Waals surface area contributed by atoms with E-state index in [1.807, 2.05) is 13.1 Å². The molecule has 0 saturated heterocycles. The number of hydrogen-bond acceptors (Lipinski definition) is 1. The Kier molecular flexibility index (Phi) is 3.81. The van der Waals surface area contributed by atoms with Crippen molar-refractivity contribution in [3.63, 3.8) is 0 Å². The van der Waals surface area contributed by atoms with E-state index in [9.17, 15) is 4.39 Å². The lowest BCUT2D eigenvalue weighted by atomic mass is 9.83. The number of rotatable bonds is 4. The van der Waals surface area contributed by atoms with Crippen LogP contribution in [0.5, 0.6) is 0 Å². The Morgan fingerprint density at radius 2 is 2.21 bits per heavy atom. The summed E-state index contributed by atoms with van der Waals surface area (Å²) in [5, 5.41) is 3.55. The van der Waals surface area contributed by atoms with Crippen LogP contribution in [0.4, 0.5) is 4.39 Å². The van der Waals surface area contributed by atoms with Crippen molar-refractivity contribution in [3.05, 3.63) is 34.6 Å². The standard InChI is InChI=1S/C16H21ClFN/c1-19-16(12-4-5-14(17)15(18)8-12)9-13-7-10-2-3-11(13)6-10/h4-5,8,10-11,13,16,19H,2-3,6-7,9H2,1H3. The molecule has 0 aromatic heterocycles.